The van der Waals surface area contributed by atoms with Crippen LogP contribution in [-0.2, 0) is 21.0 Å². The van der Waals surface area contributed by atoms with Crippen LogP contribution in [0.3, 0.4) is 0 Å². The van der Waals surface area contributed by atoms with E-state index in [-0.39, 0.29) is 12.1 Å². The maximum Gasteiger partial charge on any atom is 0.354 e. The molecule has 1 atom stereocenters. The maximum absolute atomic E-state index is 12.3. The third-order valence-corrected chi connectivity index (χ3v) is 3.63. The lowest BCUT2D eigenvalue weighted by Gasteiger charge is -2.21. The van der Waals surface area contributed by atoms with Crippen LogP contribution < -0.4 is 0 Å². The average Bonchev–Trinajstić information content (AvgIpc) is 2.77. The zero-order valence-corrected chi connectivity index (χ0v) is 11.7. The molecule has 2 heterocycles. The second-order valence-corrected chi connectivity index (χ2v) is 4.95. The number of fused-ring (bicyclic) bond motifs is 2. The van der Waals surface area contributed by atoms with Crippen molar-refractivity contribution in [2.24, 2.45) is 0 Å². The number of ether oxygens (including phenoxy) is 1. The van der Waals surface area contributed by atoms with Gasteiger partial charge < -0.3 is 4.74 Å². The molecule has 0 aliphatic carbocycles. The van der Waals surface area contributed by atoms with Gasteiger partial charge in [0.05, 0.1) is 19.7 Å². The molecule has 1 fully saturated rings. The summed E-state index contributed by atoms with van der Waals surface area (Å²) in [6, 6.07) is 9.26. The standard InChI is InChI=1S/C15H16N2O4/c1-20-14(18)13-8-7-12-9-16(13)15(19)17(12)21-10-11-5-3-2-4-6-11/h2-6,8,12H,7,9-10H2,1H3/t12-/m0/s1. The van der Waals surface area contributed by atoms with Gasteiger partial charge in [-0.15, -0.1) is 0 Å². The Labute approximate surface area is 122 Å². The Kier molecular flexibility index (Phi) is 3.62. The minimum Gasteiger partial charge on any atom is -0.464 e. The summed E-state index contributed by atoms with van der Waals surface area (Å²) < 4.78 is 4.69. The van der Waals surface area contributed by atoms with Gasteiger partial charge in [-0.05, 0) is 12.0 Å². The van der Waals surface area contributed by atoms with Gasteiger partial charge in [-0.3, -0.25) is 9.74 Å². The van der Waals surface area contributed by atoms with Crippen LogP contribution in [0.1, 0.15) is 12.0 Å². The molecule has 1 aromatic rings. The number of urea groups is 1. The van der Waals surface area contributed by atoms with Crippen molar-refractivity contribution in [3.8, 4) is 0 Å². The topological polar surface area (TPSA) is 59.1 Å². The third-order valence-electron chi connectivity index (χ3n) is 3.63. The Hall–Kier alpha value is -2.34. The van der Waals surface area contributed by atoms with Gasteiger partial charge in [-0.25, -0.2) is 9.59 Å². The molecule has 0 aromatic heterocycles. The summed E-state index contributed by atoms with van der Waals surface area (Å²) in [4.78, 5) is 31.0. The fourth-order valence-corrected chi connectivity index (χ4v) is 2.54. The molecule has 3 rings (SSSR count). The molecule has 0 saturated carbocycles. The second kappa shape index (κ2) is 5.57. The van der Waals surface area contributed by atoms with Crippen molar-refractivity contribution in [1.29, 1.82) is 0 Å². The molecule has 0 spiro atoms. The largest absolute Gasteiger partial charge is 0.464 e. The molecule has 2 aliphatic rings. The van der Waals surface area contributed by atoms with Gasteiger partial charge in [-0.2, -0.15) is 5.06 Å². The van der Waals surface area contributed by atoms with E-state index in [4.69, 9.17) is 9.57 Å². The Morgan fingerprint density at radius 3 is 2.81 bits per heavy atom. The van der Waals surface area contributed by atoms with Crippen molar-refractivity contribution < 1.29 is 19.2 Å². The number of rotatable bonds is 4. The van der Waals surface area contributed by atoms with Crippen LogP contribution in [0, 0.1) is 0 Å². The van der Waals surface area contributed by atoms with Crippen molar-refractivity contribution >= 4 is 12.0 Å². The van der Waals surface area contributed by atoms with Gasteiger partial charge in [0, 0.05) is 0 Å². The Morgan fingerprint density at radius 2 is 2.10 bits per heavy atom. The Balaban J connectivity index is 1.68. The van der Waals surface area contributed by atoms with Crippen LogP contribution in [-0.4, -0.2) is 41.7 Å². The summed E-state index contributed by atoms with van der Waals surface area (Å²) in [5.74, 6) is -0.494. The zero-order valence-electron chi connectivity index (χ0n) is 11.7. The summed E-state index contributed by atoms with van der Waals surface area (Å²) in [6.07, 6.45) is 2.31. The smallest absolute Gasteiger partial charge is 0.354 e. The van der Waals surface area contributed by atoms with Crippen molar-refractivity contribution in [1.82, 2.24) is 9.96 Å². The van der Waals surface area contributed by atoms with E-state index >= 15 is 0 Å². The van der Waals surface area contributed by atoms with Crippen LogP contribution in [0.5, 0.6) is 0 Å². The van der Waals surface area contributed by atoms with Crippen LogP contribution in [0.2, 0.25) is 0 Å². The van der Waals surface area contributed by atoms with E-state index in [0.29, 0.717) is 25.3 Å². The maximum atomic E-state index is 12.3. The lowest BCUT2D eigenvalue weighted by Crippen LogP contribution is -2.34. The number of nitrogens with zero attached hydrogens (tertiary/aromatic N) is 2. The number of methoxy groups -OCH3 is 1. The third kappa shape index (κ3) is 2.50. The predicted octanol–water partition coefficient (Wildman–Crippen LogP) is 1.68. The second-order valence-electron chi connectivity index (χ2n) is 4.95. The molecule has 2 amide bonds. The summed E-state index contributed by atoms with van der Waals surface area (Å²) >= 11 is 0. The Morgan fingerprint density at radius 1 is 1.33 bits per heavy atom. The zero-order chi connectivity index (χ0) is 14.8. The minimum absolute atomic E-state index is 0.0605. The summed E-state index contributed by atoms with van der Waals surface area (Å²) in [7, 11) is 1.31. The highest BCUT2D eigenvalue weighted by Gasteiger charge is 2.44. The summed E-state index contributed by atoms with van der Waals surface area (Å²) in [5, 5.41) is 1.36. The fraction of sp³-hybridized carbons (Fsp3) is 0.333. The lowest BCUT2D eigenvalue weighted by atomic mass is 10.1. The molecule has 21 heavy (non-hydrogen) atoms. The first-order valence-corrected chi connectivity index (χ1v) is 6.76. The lowest BCUT2D eigenvalue weighted by molar-refractivity contribution is -0.139. The number of hydrogen-bond donors (Lipinski definition) is 0. The molecule has 1 saturated heterocycles. The number of esters is 1. The van der Waals surface area contributed by atoms with Crippen molar-refractivity contribution in [3.05, 3.63) is 47.7 Å². The number of amides is 2. The van der Waals surface area contributed by atoms with Crippen LogP contribution in [0.25, 0.3) is 0 Å². The average molecular weight is 288 g/mol. The molecule has 110 valence electrons. The van der Waals surface area contributed by atoms with Crippen molar-refractivity contribution in [2.45, 2.75) is 19.1 Å². The predicted molar refractivity (Wildman–Crippen MR) is 73.7 cm³/mol. The van der Waals surface area contributed by atoms with Gasteiger partial charge in [0.1, 0.15) is 12.3 Å². The fourth-order valence-electron chi connectivity index (χ4n) is 2.54. The quantitative estimate of drug-likeness (QED) is 0.791. The van der Waals surface area contributed by atoms with Gasteiger partial charge >= 0.3 is 12.0 Å². The molecule has 2 bridgehead atoms. The first kappa shape index (κ1) is 13.6. The molecule has 0 radical (unpaired) electrons. The van der Waals surface area contributed by atoms with Crippen LogP contribution >= 0.6 is 0 Å². The van der Waals surface area contributed by atoms with E-state index in [2.05, 4.69) is 0 Å². The van der Waals surface area contributed by atoms with E-state index in [9.17, 15) is 9.59 Å². The molecular formula is C15H16N2O4. The van der Waals surface area contributed by atoms with Gasteiger partial charge in [0.25, 0.3) is 0 Å². The van der Waals surface area contributed by atoms with E-state index < -0.39 is 5.97 Å². The number of carbonyl (C=O) groups is 2. The molecular weight excluding hydrogens is 272 g/mol. The van der Waals surface area contributed by atoms with Crippen LogP contribution in [0.15, 0.2) is 42.1 Å². The van der Waals surface area contributed by atoms with E-state index in [1.54, 1.807) is 6.08 Å². The molecule has 0 N–H and O–H groups in total. The van der Waals surface area contributed by atoms with Crippen molar-refractivity contribution in [3.63, 3.8) is 0 Å². The van der Waals surface area contributed by atoms with Crippen LogP contribution in [0.4, 0.5) is 4.79 Å². The molecule has 2 aliphatic heterocycles. The summed E-state index contributed by atoms with van der Waals surface area (Å²) in [6.45, 7) is 0.777. The number of benzene rings is 1. The van der Waals surface area contributed by atoms with E-state index in [0.717, 1.165) is 5.56 Å². The van der Waals surface area contributed by atoms with Crippen molar-refractivity contribution in [2.75, 3.05) is 13.7 Å². The molecule has 6 nitrogen and oxygen atoms in total. The highest BCUT2D eigenvalue weighted by molar-refractivity contribution is 5.94. The number of hydrogen-bond acceptors (Lipinski definition) is 4. The molecule has 0 unspecified atom stereocenters. The normalized spacial score (nSPS) is 20.5. The van der Waals surface area contributed by atoms with E-state index in [1.165, 1.54) is 17.1 Å². The SMILES string of the molecule is COC(=O)C1=CC[C@H]2CN1C(=O)N2OCc1ccccc1. The first-order valence-electron chi connectivity index (χ1n) is 6.76. The Bertz CT molecular complexity index is 585. The molecule has 6 heteroatoms. The number of carbonyl (C=O) groups excluding carboxylic acids is 2. The highest BCUT2D eigenvalue weighted by atomic mass is 16.7. The summed E-state index contributed by atoms with van der Waals surface area (Å²) in [5.41, 5.74) is 1.28. The van der Waals surface area contributed by atoms with Gasteiger partial charge in [-0.1, -0.05) is 36.4 Å². The van der Waals surface area contributed by atoms with Gasteiger partial charge in [0.2, 0.25) is 0 Å². The van der Waals surface area contributed by atoms with E-state index in [1.807, 2.05) is 30.3 Å². The molecule has 1 aromatic carbocycles. The van der Waals surface area contributed by atoms with Gasteiger partial charge in [0.15, 0.2) is 0 Å². The first-order chi connectivity index (χ1) is 10.2. The minimum atomic E-state index is -0.494. The highest BCUT2D eigenvalue weighted by Crippen LogP contribution is 2.29. The monoisotopic (exact) mass is 288 g/mol. The number of hydroxylamine groups is 2.